The first-order valence-corrected chi connectivity index (χ1v) is 8.36. The summed E-state index contributed by atoms with van der Waals surface area (Å²) in [4.78, 5) is 14.8. The minimum atomic E-state index is 0.172. The SMILES string of the molecule is CC1(C)C(C(=O)N2CCC(NCC3CC3)CC2)C1(C)C. The third-order valence-corrected chi connectivity index (χ3v) is 6.47. The van der Waals surface area contributed by atoms with Gasteiger partial charge in [-0.05, 0) is 49.0 Å². The maximum atomic E-state index is 12.7. The lowest BCUT2D eigenvalue weighted by atomic mass is 10.0. The molecule has 3 rings (SSSR count). The molecule has 1 amide bonds. The Labute approximate surface area is 123 Å². The van der Waals surface area contributed by atoms with Gasteiger partial charge >= 0.3 is 0 Å². The van der Waals surface area contributed by atoms with E-state index in [0.717, 1.165) is 31.8 Å². The second-order valence-electron chi connectivity index (χ2n) is 8.33. The molecule has 0 radical (unpaired) electrons. The van der Waals surface area contributed by atoms with E-state index in [2.05, 4.69) is 37.9 Å². The first-order chi connectivity index (χ1) is 9.34. The van der Waals surface area contributed by atoms with Crippen LogP contribution in [0.2, 0.25) is 0 Å². The van der Waals surface area contributed by atoms with Crippen molar-refractivity contribution in [1.29, 1.82) is 0 Å². The third kappa shape index (κ3) is 2.38. The number of likely N-dealkylation sites (tertiary alicyclic amines) is 1. The first kappa shape index (κ1) is 14.4. The van der Waals surface area contributed by atoms with Crippen LogP contribution in [0.25, 0.3) is 0 Å². The lowest BCUT2D eigenvalue weighted by Crippen LogP contribution is -2.46. The molecule has 114 valence electrons. The van der Waals surface area contributed by atoms with E-state index in [0.29, 0.717) is 11.9 Å². The fourth-order valence-corrected chi connectivity index (χ4v) is 3.96. The molecule has 3 aliphatic rings. The van der Waals surface area contributed by atoms with Crippen molar-refractivity contribution in [2.24, 2.45) is 22.7 Å². The standard InChI is InChI=1S/C17H30N2O/c1-16(2)14(17(16,3)4)15(20)19-9-7-13(8-10-19)18-11-12-5-6-12/h12-14,18H,5-11H2,1-4H3. The number of nitrogens with zero attached hydrogens (tertiary/aromatic N) is 1. The highest BCUT2D eigenvalue weighted by Gasteiger charge is 2.68. The maximum Gasteiger partial charge on any atom is 0.226 e. The molecule has 3 fully saturated rings. The molecule has 3 heteroatoms. The van der Waals surface area contributed by atoms with Crippen molar-refractivity contribution < 1.29 is 4.79 Å². The number of carbonyl (C=O) groups is 1. The second-order valence-corrected chi connectivity index (χ2v) is 8.33. The van der Waals surface area contributed by atoms with Gasteiger partial charge in [0.05, 0.1) is 0 Å². The molecular formula is C17H30N2O. The van der Waals surface area contributed by atoms with Gasteiger partial charge in [-0.2, -0.15) is 0 Å². The van der Waals surface area contributed by atoms with Crippen molar-refractivity contribution in [1.82, 2.24) is 10.2 Å². The van der Waals surface area contributed by atoms with E-state index < -0.39 is 0 Å². The summed E-state index contributed by atoms with van der Waals surface area (Å²) in [6, 6.07) is 0.639. The Balaban J connectivity index is 1.47. The summed E-state index contributed by atoms with van der Waals surface area (Å²) in [5.74, 6) is 1.58. The summed E-state index contributed by atoms with van der Waals surface area (Å²) in [7, 11) is 0. The topological polar surface area (TPSA) is 32.3 Å². The first-order valence-electron chi connectivity index (χ1n) is 8.36. The van der Waals surface area contributed by atoms with Crippen molar-refractivity contribution in [3.05, 3.63) is 0 Å². The van der Waals surface area contributed by atoms with E-state index in [1.807, 2.05) is 0 Å². The molecule has 1 heterocycles. The minimum absolute atomic E-state index is 0.172. The molecule has 2 saturated carbocycles. The molecule has 2 aliphatic carbocycles. The van der Waals surface area contributed by atoms with E-state index in [9.17, 15) is 4.79 Å². The Morgan fingerprint density at radius 3 is 2.05 bits per heavy atom. The lowest BCUT2D eigenvalue weighted by molar-refractivity contribution is -0.135. The summed E-state index contributed by atoms with van der Waals surface area (Å²) in [6.07, 6.45) is 5.09. The zero-order valence-electron chi connectivity index (χ0n) is 13.5. The van der Waals surface area contributed by atoms with Crippen molar-refractivity contribution in [3.63, 3.8) is 0 Å². The van der Waals surface area contributed by atoms with E-state index in [-0.39, 0.29) is 16.7 Å². The normalized spacial score (nSPS) is 29.5. The molecule has 1 aliphatic heterocycles. The molecule has 3 nitrogen and oxygen atoms in total. The van der Waals surface area contributed by atoms with Gasteiger partial charge in [0.2, 0.25) is 5.91 Å². The van der Waals surface area contributed by atoms with Gasteiger partial charge < -0.3 is 10.2 Å². The van der Waals surface area contributed by atoms with Crippen molar-refractivity contribution in [3.8, 4) is 0 Å². The summed E-state index contributed by atoms with van der Waals surface area (Å²) in [6.45, 7) is 12.0. The fraction of sp³-hybridized carbons (Fsp3) is 0.941. The summed E-state index contributed by atoms with van der Waals surface area (Å²) >= 11 is 0. The zero-order valence-corrected chi connectivity index (χ0v) is 13.5. The largest absolute Gasteiger partial charge is 0.342 e. The predicted octanol–water partition coefficient (Wildman–Crippen LogP) is 2.66. The highest BCUT2D eigenvalue weighted by atomic mass is 16.2. The molecule has 0 spiro atoms. The number of piperidine rings is 1. The number of nitrogens with one attached hydrogen (secondary N) is 1. The Kier molecular flexibility index (Phi) is 3.39. The molecule has 0 bridgehead atoms. The van der Waals surface area contributed by atoms with Gasteiger partial charge in [0.25, 0.3) is 0 Å². The highest BCUT2D eigenvalue weighted by molar-refractivity contribution is 5.84. The van der Waals surface area contributed by atoms with Gasteiger partial charge in [-0.1, -0.05) is 27.7 Å². The molecule has 0 atom stereocenters. The van der Waals surface area contributed by atoms with Crippen molar-refractivity contribution in [2.45, 2.75) is 59.4 Å². The van der Waals surface area contributed by atoms with Crippen LogP contribution in [-0.2, 0) is 4.79 Å². The van der Waals surface area contributed by atoms with Crippen LogP contribution in [0, 0.1) is 22.7 Å². The van der Waals surface area contributed by atoms with Crippen LogP contribution in [0.15, 0.2) is 0 Å². The molecule has 1 N–H and O–H groups in total. The summed E-state index contributed by atoms with van der Waals surface area (Å²) in [5.41, 5.74) is 0.344. The number of hydrogen-bond donors (Lipinski definition) is 1. The van der Waals surface area contributed by atoms with Crippen LogP contribution in [-0.4, -0.2) is 36.5 Å². The number of rotatable bonds is 4. The van der Waals surface area contributed by atoms with E-state index >= 15 is 0 Å². The maximum absolute atomic E-state index is 12.7. The molecule has 0 unspecified atom stereocenters. The number of carbonyl (C=O) groups excluding carboxylic acids is 1. The predicted molar refractivity (Wildman–Crippen MR) is 81.4 cm³/mol. The van der Waals surface area contributed by atoms with Crippen LogP contribution < -0.4 is 5.32 Å². The van der Waals surface area contributed by atoms with Crippen LogP contribution in [0.3, 0.4) is 0 Å². The molecule has 0 aromatic rings. The van der Waals surface area contributed by atoms with E-state index in [4.69, 9.17) is 0 Å². The Hall–Kier alpha value is -0.570. The van der Waals surface area contributed by atoms with Gasteiger partial charge in [-0.15, -0.1) is 0 Å². The van der Waals surface area contributed by atoms with Crippen LogP contribution in [0.4, 0.5) is 0 Å². The summed E-state index contributed by atoms with van der Waals surface area (Å²) in [5, 5.41) is 3.68. The van der Waals surface area contributed by atoms with Gasteiger partial charge in [0.1, 0.15) is 0 Å². The van der Waals surface area contributed by atoms with Gasteiger partial charge in [-0.25, -0.2) is 0 Å². The van der Waals surface area contributed by atoms with E-state index in [1.54, 1.807) is 0 Å². The molecule has 0 aromatic heterocycles. The monoisotopic (exact) mass is 278 g/mol. The minimum Gasteiger partial charge on any atom is -0.342 e. The lowest BCUT2D eigenvalue weighted by Gasteiger charge is -2.33. The third-order valence-electron chi connectivity index (χ3n) is 6.47. The van der Waals surface area contributed by atoms with Gasteiger partial charge in [0, 0.05) is 25.0 Å². The smallest absolute Gasteiger partial charge is 0.226 e. The van der Waals surface area contributed by atoms with E-state index in [1.165, 1.54) is 19.4 Å². The summed E-state index contributed by atoms with van der Waals surface area (Å²) < 4.78 is 0. The molecule has 1 saturated heterocycles. The molecule has 20 heavy (non-hydrogen) atoms. The van der Waals surface area contributed by atoms with Crippen LogP contribution >= 0.6 is 0 Å². The highest BCUT2D eigenvalue weighted by Crippen LogP contribution is 2.68. The average Bonchev–Trinajstić information content (AvgIpc) is 3.26. The van der Waals surface area contributed by atoms with Crippen molar-refractivity contribution >= 4 is 5.91 Å². The van der Waals surface area contributed by atoms with Gasteiger partial charge in [0.15, 0.2) is 0 Å². The Morgan fingerprint density at radius 2 is 1.60 bits per heavy atom. The van der Waals surface area contributed by atoms with Gasteiger partial charge in [-0.3, -0.25) is 4.79 Å². The quantitative estimate of drug-likeness (QED) is 0.857. The van der Waals surface area contributed by atoms with Crippen LogP contribution in [0.5, 0.6) is 0 Å². The Bertz CT molecular complexity index is 376. The number of amides is 1. The average molecular weight is 278 g/mol. The molecular weight excluding hydrogens is 248 g/mol. The van der Waals surface area contributed by atoms with Crippen LogP contribution in [0.1, 0.15) is 53.4 Å². The number of hydrogen-bond acceptors (Lipinski definition) is 2. The Morgan fingerprint density at radius 1 is 1.05 bits per heavy atom. The molecule has 0 aromatic carbocycles. The van der Waals surface area contributed by atoms with Crippen molar-refractivity contribution in [2.75, 3.05) is 19.6 Å². The second kappa shape index (κ2) is 4.72. The fourth-order valence-electron chi connectivity index (χ4n) is 3.96. The zero-order chi connectivity index (χ0) is 14.5.